The Labute approximate surface area is 180 Å². The first kappa shape index (κ1) is 21.7. The molecule has 0 fully saturated rings. The molecule has 0 aliphatic heterocycles. The van der Waals surface area contributed by atoms with Crippen molar-refractivity contribution in [3.05, 3.63) is 95.0 Å². The van der Waals surface area contributed by atoms with E-state index in [0.717, 1.165) is 4.31 Å². The van der Waals surface area contributed by atoms with Gasteiger partial charge in [0.05, 0.1) is 11.4 Å². The van der Waals surface area contributed by atoms with Gasteiger partial charge in [0, 0.05) is 28.9 Å². The molecule has 8 heteroatoms. The number of likely N-dealkylation sites (N-methyl/N-ethyl adjacent to an activating group) is 1. The Morgan fingerprint density at radius 3 is 2.20 bits per heavy atom. The largest absolute Gasteiger partial charge is 0.325 e. The summed E-state index contributed by atoms with van der Waals surface area (Å²) in [5.74, 6) is -0.700. The number of carbonyl (C=O) groups is 2. The van der Waals surface area contributed by atoms with E-state index in [1.165, 1.54) is 31.3 Å². The van der Waals surface area contributed by atoms with Crippen molar-refractivity contribution < 1.29 is 18.0 Å². The van der Waals surface area contributed by atoms with Crippen LogP contribution < -0.4 is 5.32 Å². The first-order valence-corrected chi connectivity index (χ1v) is 10.8. The molecule has 0 heterocycles. The van der Waals surface area contributed by atoms with E-state index in [0.29, 0.717) is 21.8 Å². The Morgan fingerprint density at radius 2 is 1.53 bits per heavy atom. The number of nitrogens with one attached hydrogen (secondary N) is 1. The van der Waals surface area contributed by atoms with Crippen LogP contribution >= 0.6 is 11.6 Å². The van der Waals surface area contributed by atoms with Gasteiger partial charge >= 0.3 is 0 Å². The second-order valence-electron chi connectivity index (χ2n) is 6.54. The summed E-state index contributed by atoms with van der Waals surface area (Å²) in [6, 6.07) is 21.0. The van der Waals surface area contributed by atoms with Gasteiger partial charge < -0.3 is 5.32 Å². The topological polar surface area (TPSA) is 83.6 Å². The van der Waals surface area contributed by atoms with Crippen LogP contribution in [0, 0.1) is 0 Å². The van der Waals surface area contributed by atoms with Crippen molar-refractivity contribution in [2.24, 2.45) is 0 Å². The van der Waals surface area contributed by atoms with Crippen molar-refractivity contribution >= 4 is 39.0 Å². The Kier molecular flexibility index (Phi) is 6.66. The molecular weight excluding hydrogens is 424 g/mol. The van der Waals surface area contributed by atoms with Crippen molar-refractivity contribution in [3.63, 3.8) is 0 Å². The minimum absolute atomic E-state index is 0.0395. The fourth-order valence-corrected chi connectivity index (χ4v) is 4.02. The molecule has 6 nitrogen and oxygen atoms in total. The first-order valence-electron chi connectivity index (χ1n) is 8.99. The Hall–Kier alpha value is -3.00. The standard InChI is InChI=1S/C22H19ClN2O4S/c1-25(30(28,29)20-12-10-18(23)11-13-20)15-21(26)24-19-9-5-8-17(14-19)22(27)16-6-3-2-4-7-16/h2-14H,15H2,1H3,(H,24,26). The lowest BCUT2D eigenvalue weighted by atomic mass is 10.0. The van der Waals surface area contributed by atoms with Gasteiger partial charge in [-0.2, -0.15) is 4.31 Å². The lowest BCUT2D eigenvalue weighted by molar-refractivity contribution is -0.116. The molecular formula is C22H19ClN2O4S. The highest BCUT2D eigenvalue weighted by molar-refractivity contribution is 7.89. The highest BCUT2D eigenvalue weighted by Gasteiger charge is 2.23. The summed E-state index contributed by atoms with van der Waals surface area (Å²) < 4.78 is 26.1. The van der Waals surface area contributed by atoms with Crippen molar-refractivity contribution in [2.75, 3.05) is 18.9 Å². The minimum atomic E-state index is -3.84. The molecule has 30 heavy (non-hydrogen) atoms. The number of nitrogens with zero attached hydrogens (tertiary/aromatic N) is 1. The molecule has 3 aromatic carbocycles. The molecule has 0 saturated heterocycles. The van der Waals surface area contributed by atoms with Crippen LogP contribution in [0.25, 0.3) is 0 Å². The number of hydrogen-bond donors (Lipinski definition) is 1. The van der Waals surface area contributed by atoms with Gasteiger partial charge in [0.15, 0.2) is 5.78 Å². The van der Waals surface area contributed by atoms with E-state index in [1.807, 2.05) is 6.07 Å². The normalized spacial score (nSPS) is 11.3. The second kappa shape index (κ2) is 9.21. The summed E-state index contributed by atoms with van der Waals surface area (Å²) in [5, 5.41) is 3.05. The quantitative estimate of drug-likeness (QED) is 0.563. The molecule has 0 bridgehead atoms. The number of anilines is 1. The van der Waals surface area contributed by atoms with Crippen molar-refractivity contribution in [2.45, 2.75) is 4.90 Å². The number of rotatable bonds is 7. The fraction of sp³-hybridized carbons (Fsp3) is 0.0909. The number of benzene rings is 3. The third-order valence-corrected chi connectivity index (χ3v) is 6.40. The summed E-state index contributed by atoms with van der Waals surface area (Å²) in [4.78, 5) is 25.0. The molecule has 0 unspecified atom stereocenters. The molecule has 154 valence electrons. The molecule has 0 saturated carbocycles. The average molecular weight is 443 g/mol. The number of ketones is 1. The number of carbonyl (C=O) groups excluding carboxylic acids is 2. The lowest BCUT2D eigenvalue weighted by Crippen LogP contribution is -2.35. The van der Waals surface area contributed by atoms with E-state index in [2.05, 4.69) is 5.32 Å². The molecule has 3 aromatic rings. The molecule has 0 aliphatic rings. The number of amides is 1. The van der Waals surface area contributed by atoms with Crippen LogP contribution in [0.15, 0.2) is 83.8 Å². The number of sulfonamides is 1. The van der Waals surface area contributed by atoms with E-state index < -0.39 is 15.9 Å². The zero-order chi connectivity index (χ0) is 21.7. The molecule has 1 amide bonds. The van der Waals surface area contributed by atoms with Crippen LogP contribution in [0.3, 0.4) is 0 Å². The van der Waals surface area contributed by atoms with Gasteiger partial charge in [-0.05, 0) is 36.4 Å². The smallest absolute Gasteiger partial charge is 0.243 e. The average Bonchev–Trinajstić information content (AvgIpc) is 2.74. The van der Waals surface area contributed by atoms with Crippen LogP contribution in [-0.2, 0) is 14.8 Å². The van der Waals surface area contributed by atoms with E-state index in [9.17, 15) is 18.0 Å². The highest BCUT2D eigenvalue weighted by atomic mass is 35.5. The van der Waals surface area contributed by atoms with Crippen molar-refractivity contribution in [3.8, 4) is 0 Å². The summed E-state index contributed by atoms with van der Waals surface area (Å²) in [5.41, 5.74) is 1.36. The summed E-state index contributed by atoms with van der Waals surface area (Å²) in [6.45, 7) is -0.387. The molecule has 0 aliphatic carbocycles. The maximum atomic E-state index is 12.6. The van der Waals surface area contributed by atoms with Crippen molar-refractivity contribution in [1.29, 1.82) is 0 Å². The van der Waals surface area contributed by atoms with E-state index in [1.54, 1.807) is 48.5 Å². The van der Waals surface area contributed by atoms with Gasteiger partial charge in [-0.25, -0.2) is 8.42 Å². The molecule has 1 N–H and O–H groups in total. The first-order chi connectivity index (χ1) is 14.3. The Bertz CT molecular complexity index is 1160. The van der Waals surface area contributed by atoms with Crippen LogP contribution in [0.1, 0.15) is 15.9 Å². The SMILES string of the molecule is CN(CC(=O)Nc1cccc(C(=O)c2ccccc2)c1)S(=O)(=O)c1ccc(Cl)cc1. The monoisotopic (exact) mass is 442 g/mol. The predicted octanol–water partition coefficient (Wildman–Crippen LogP) is 3.83. The highest BCUT2D eigenvalue weighted by Crippen LogP contribution is 2.18. The Morgan fingerprint density at radius 1 is 0.900 bits per heavy atom. The van der Waals surface area contributed by atoms with Crippen LogP contribution in [0.2, 0.25) is 5.02 Å². The van der Waals surface area contributed by atoms with Gasteiger partial charge in [0.25, 0.3) is 0 Å². The minimum Gasteiger partial charge on any atom is -0.325 e. The molecule has 0 aromatic heterocycles. The van der Waals surface area contributed by atoms with Crippen LogP contribution in [-0.4, -0.2) is 38.0 Å². The van der Waals surface area contributed by atoms with E-state index >= 15 is 0 Å². The molecule has 0 atom stereocenters. The third kappa shape index (κ3) is 5.13. The third-order valence-electron chi connectivity index (χ3n) is 4.33. The number of halogens is 1. The van der Waals surface area contributed by atoms with Crippen LogP contribution in [0.4, 0.5) is 5.69 Å². The second-order valence-corrected chi connectivity index (χ2v) is 9.02. The zero-order valence-electron chi connectivity index (χ0n) is 16.1. The van der Waals surface area contributed by atoms with Gasteiger partial charge in [0.2, 0.25) is 15.9 Å². The maximum Gasteiger partial charge on any atom is 0.243 e. The lowest BCUT2D eigenvalue weighted by Gasteiger charge is -2.17. The van der Waals surface area contributed by atoms with Gasteiger partial charge in [-0.15, -0.1) is 0 Å². The molecule has 3 rings (SSSR count). The fourth-order valence-electron chi connectivity index (χ4n) is 2.77. The molecule has 0 radical (unpaired) electrons. The van der Waals surface area contributed by atoms with Crippen LogP contribution in [0.5, 0.6) is 0 Å². The van der Waals surface area contributed by atoms with Gasteiger partial charge in [-0.3, -0.25) is 9.59 Å². The maximum absolute atomic E-state index is 12.6. The van der Waals surface area contributed by atoms with Gasteiger partial charge in [-0.1, -0.05) is 54.1 Å². The predicted molar refractivity (Wildman–Crippen MR) is 116 cm³/mol. The zero-order valence-corrected chi connectivity index (χ0v) is 17.7. The summed E-state index contributed by atoms with van der Waals surface area (Å²) >= 11 is 5.79. The Balaban J connectivity index is 1.69. The van der Waals surface area contributed by atoms with Crippen molar-refractivity contribution in [1.82, 2.24) is 4.31 Å². The summed E-state index contributed by atoms with van der Waals surface area (Å²) in [6.07, 6.45) is 0. The van der Waals surface area contributed by atoms with E-state index in [-0.39, 0.29) is 17.2 Å². The van der Waals surface area contributed by atoms with E-state index in [4.69, 9.17) is 11.6 Å². The number of hydrogen-bond acceptors (Lipinski definition) is 4. The van der Waals surface area contributed by atoms with Gasteiger partial charge in [0.1, 0.15) is 0 Å². The summed E-state index contributed by atoms with van der Waals surface area (Å²) in [7, 11) is -2.52. The molecule has 0 spiro atoms.